The predicted octanol–water partition coefficient (Wildman–Crippen LogP) is 1.49. The number of hydrogen-bond acceptors (Lipinski definition) is 3. The summed E-state index contributed by atoms with van der Waals surface area (Å²) in [6, 6.07) is 5.58. The molecule has 0 aliphatic carbocycles. The average molecular weight is 317 g/mol. The number of carbonyl (C=O) groups excluding carboxylic acids is 1. The van der Waals surface area contributed by atoms with Crippen molar-refractivity contribution in [2.45, 2.75) is 24.8 Å². The fourth-order valence-electron chi connectivity index (χ4n) is 2.35. The Morgan fingerprint density at radius 3 is 2.60 bits per heavy atom. The molecule has 1 N–H and O–H groups in total. The molecule has 20 heavy (non-hydrogen) atoms. The maximum Gasteiger partial charge on any atom is 0.245 e. The van der Waals surface area contributed by atoms with Gasteiger partial charge in [-0.1, -0.05) is 37.6 Å². The molecule has 7 heteroatoms. The van der Waals surface area contributed by atoms with Crippen LogP contribution in [0.5, 0.6) is 0 Å². The molecule has 0 saturated carbocycles. The monoisotopic (exact) mass is 316 g/mol. The van der Waals surface area contributed by atoms with Crippen molar-refractivity contribution in [3.63, 3.8) is 0 Å². The molecule has 1 atom stereocenters. The first-order valence-corrected chi connectivity index (χ1v) is 8.21. The summed E-state index contributed by atoms with van der Waals surface area (Å²) in [4.78, 5) is 12.0. The van der Waals surface area contributed by atoms with Crippen LogP contribution in [0.4, 0.5) is 0 Å². The van der Waals surface area contributed by atoms with Crippen LogP contribution in [0, 0.1) is 5.92 Å². The zero-order valence-corrected chi connectivity index (χ0v) is 12.9. The Labute approximate surface area is 124 Å². The van der Waals surface area contributed by atoms with Gasteiger partial charge in [0.15, 0.2) is 0 Å². The van der Waals surface area contributed by atoms with Crippen molar-refractivity contribution in [1.29, 1.82) is 0 Å². The lowest BCUT2D eigenvalue weighted by molar-refractivity contribution is -0.128. The van der Waals surface area contributed by atoms with Gasteiger partial charge in [-0.2, -0.15) is 4.31 Å². The SMILES string of the molecule is CC(C)C1C(=O)NCCN1S(=O)(=O)c1ccccc1Cl. The van der Waals surface area contributed by atoms with E-state index >= 15 is 0 Å². The summed E-state index contributed by atoms with van der Waals surface area (Å²) in [5.41, 5.74) is 0. The van der Waals surface area contributed by atoms with Gasteiger partial charge in [0, 0.05) is 13.1 Å². The van der Waals surface area contributed by atoms with Crippen molar-refractivity contribution < 1.29 is 13.2 Å². The van der Waals surface area contributed by atoms with Gasteiger partial charge >= 0.3 is 0 Å². The van der Waals surface area contributed by atoms with E-state index < -0.39 is 16.1 Å². The summed E-state index contributed by atoms with van der Waals surface area (Å²) in [7, 11) is -3.78. The first-order chi connectivity index (χ1) is 9.35. The topological polar surface area (TPSA) is 66.5 Å². The summed E-state index contributed by atoms with van der Waals surface area (Å²) in [5, 5.41) is 2.87. The summed E-state index contributed by atoms with van der Waals surface area (Å²) in [6.07, 6.45) is 0. The van der Waals surface area contributed by atoms with Gasteiger partial charge in [-0.3, -0.25) is 4.79 Å². The number of benzene rings is 1. The van der Waals surface area contributed by atoms with Crippen LogP contribution >= 0.6 is 11.6 Å². The molecule has 1 aromatic carbocycles. The van der Waals surface area contributed by atoms with E-state index in [0.29, 0.717) is 6.54 Å². The second-order valence-electron chi connectivity index (χ2n) is 5.03. The van der Waals surface area contributed by atoms with Crippen LogP contribution in [0.2, 0.25) is 5.02 Å². The molecule has 0 aromatic heterocycles. The van der Waals surface area contributed by atoms with Crippen LogP contribution in [0.3, 0.4) is 0 Å². The number of halogens is 1. The second kappa shape index (κ2) is 5.71. The van der Waals surface area contributed by atoms with Gasteiger partial charge in [-0.25, -0.2) is 8.42 Å². The minimum Gasteiger partial charge on any atom is -0.353 e. The lowest BCUT2D eigenvalue weighted by Gasteiger charge is -2.36. The quantitative estimate of drug-likeness (QED) is 0.918. The number of piperazine rings is 1. The van der Waals surface area contributed by atoms with Gasteiger partial charge in [-0.15, -0.1) is 0 Å². The van der Waals surface area contributed by atoms with E-state index in [2.05, 4.69) is 5.32 Å². The third-order valence-corrected chi connectivity index (χ3v) is 5.65. The number of hydrogen-bond donors (Lipinski definition) is 1. The van der Waals surface area contributed by atoms with Gasteiger partial charge in [0.25, 0.3) is 0 Å². The fraction of sp³-hybridized carbons (Fsp3) is 0.462. The van der Waals surface area contributed by atoms with E-state index in [1.54, 1.807) is 12.1 Å². The van der Waals surface area contributed by atoms with Crippen molar-refractivity contribution in [1.82, 2.24) is 9.62 Å². The highest BCUT2D eigenvalue weighted by atomic mass is 35.5. The smallest absolute Gasteiger partial charge is 0.245 e. The van der Waals surface area contributed by atoms with E-state index in [1.807, 2.05) is 13.8 Å². The molecule has 1 aliphatic rings. The number of nitrogens with zero attached hydrogens (tertiary/aromatic N) is 1. The summed E-state index contributed by atoms with van der Waals surface area (Å²) >= 11 is 5.99. The number of nitrogens with one attached hydrogen (secondary N) is 1. The number of sulfonamides is 1. The lowest BCUT2D eigenvalue weighted by atomic mass is 10.0. The van der Waals surface area contributed by atoms with Crippen LogP contribution in [0.25, 0.3) is 0 Å². The summed E-state index contributed by atoms with van der Waals surface area (Å²) in [6.45, 7) is 4.21. The number of carbonyl (C=O) groups is 1. The van der Waals surface area contributed by atoms with E-state index in [-0.39, 0.29) is 28.3 Å². The van der Waals surface area contributed by atoms with Crippen LogP contribution in [0.1, 0.15) is 13.8 Å². The van der Waals surface area contributed by atoms with Crippen molar-refractivity contribution in [2.24, 2.45) is 5.92 Å². The van der Waals surface area contributed by atoms with Crippen LogP contribution in [0.15, 0.2) is 29.2 Å². The molecule has 1 amide bonds. The largest absolute Gasteiger partial charge is 0.353 e. The average Bonchev–Trinajstić information content (AvgIpc) is 2.38. The predicted molar refractivity (Wildman–Crippen MR) is 77.0 cm³/mol. The first-order valence-electron chi connectivity index (χ1n) is 6.40. The molecule has 0 spiro atoms. The van der Waals surface area contributed by atoms with E-state index in [4.69, 9.17) is 11.6 Å². The molecular weight excluding hydrogens is 300 g/mol. The Morgan fingerprint density at radius 2 is 2.00 bits per heavy atom. The Bertz CT molecular complexity index is 616. The zero-order chi connectivity index (χ0) is 14.9. The molecule has 2 rings (SSSR count). The van der Waals surface area contributed by atoms with Crippen molar-refractivity contribution in [3.8, 4) is 0 Å². The highest BCUT2D eigenvalue weighted by Gasteiger charge is 2.40. The van der Waals surface area contributed by atoms with Crippen LogP contribution < -0.4 is 5.32 Å². The molecule has 5 nitrogen and oxygen atoms in total. The van der Waals surface area contributed by atoms with E-state index in [9.17, 15) is 13.2 Å². The van der Waals surface area contributed by atoms with Crippen molar-refractivity contribution >= 4 is 27.5 Å². The van der Waals surface area contributed by atoms with Gasteiger partial charge in [0.2, 0.25) is 15.9 Å². The van der Waals surface area contributed by atoms with E-state index in [1.165, 1.54) is 16.4 Å². The molecule has 1 heterocycles. The Kier molecular flexibility index (Phi) is 4.36. The first kappa shape index (κ1) is 15.3. The number of rotatable bonds is 3. The Morgan fingerprint density at radius 1 is 1.35 bits per heavy atom. The minimum absolute atomic E-state index is 0.0435. The molecule has 1 aromatic rings. The fourth-order valence-corrected chi connectivity index (χ4v) is 4.56. The molecule has 1 saturated heterocycles. The molecule has 1 aliphatic heterocycles. The number of amides is 1. The van der Waals surface area contributed by atoms with Gasteiger partial charge in [0.05, 0.1) is 5.02 Å². The third kappa shape index (κ3) is 2.68. The van der Waals surface area contributed by atoms with Crippen LogP contribution in [-0.4, -0.2) is 37.8 Å². The highest BCUT2D eigenvalue weighted by molar-refractivity contribution is 7.89. The standard InChI is InChI=1S/C13H17ClN2O3S/c1-9(2)12-13(17)15-7-8-16(12)20(18,19)11-6-4-3-5-10(11)14/h3-6,9,12H,7-8H2,1-2H3,(H,15,17). The molecule has 1 unspecified atom stereocenters. The normalized spacial score (nSPS) is 21.0. The van der Waals surface area contributed by atoms with Crippen molar-refractivity contribution in [3.05, 3.63) is 29.3 Å². The lowest BCUT2D eigenvalue weighted by Crippen LogP contribution is -2.59. The minimum atomic E-state index is -3.78. The second-order valence-corrected chi connectivity index (χ2v) is 7.29. The van der Waals surface area contributed by atoms with Crippen LogP contribution in [-0.2, 0) is 14.8 Å². The molecule has 0 radical (unpaired) electrons. The van der Waals surface area contributed by atoms with Crippen molar-refractivity contribution in [2.75, 3.05) is 13.1 Å². The zero-order valence-electron chi connectivity index (χ0n) is 11.3. The third-order valence-electron chi connectivity index (χ3n) is 3.27. The molecule has 0 bridgehead atoms. The maximum absolute atomic E-state index is 12.7. The molecule has 110 valence electrons. The van der Waals surface area contributed by atoms with Gasteiger partial charge in [-0.05, 0) is 18.1 Å². The maximum atomic E-state index is 12.7. The van der Waals surface area contributed by atoms with Gasteiger partial charge in [0.1, 0.15) is 10.9 Å². The highest BCUT2D eigenvalue weighted by Crippen LogP contribution is 2.28. The Hall–Kier alpha value is -1.11. The van der Waals surface area contributed by atoms with E-state index in [0.717, 1.165) is 0 Å². The summed E-state index contributed by atoms with van der Waals surface area (Å²) < 4.78 is 26.7. The summed E-state index contributed by atoms with van der Waals surface area (Å²) in [5.74, 6) is -0.380. The van der Waals surface area contributed by atoms with Gasteiger partial charge < -0.3 is 5.32 Å². The Balaban J connectivity index is 2.47. The molecular formula is C13H17ClN2O3S. The molecule has 1 fully saturated rings.